The highest BCUT2D eigenvalue weighted by molar-refractivity contribution is 7.17. The van der Waals surface area contributed by atoms with Gasteiger partial charge in [0.2, 0.25) is 0 Å². The van der Waals surface area contributed by atoms with Crippen molar-refractivity contribution in [2.75, 3.05) is 5.32 Å². The van der Waals surface area contributed by atoms with Crippen LogP contribution < -0.4 is 11.1 Å². The van der Waals surface area contributed by atoms with Crippen LogP contribution in [-0.4, -0.2) is 16.8 Å². The van der Waals surface area contributed by atoms with E-state index in [-0.39, 0.29) is 5.91 Å². The second kappa shape index (κ2) is 9.08. The summed E-state index contributed by atoms with van der Waals surface area (Å²) in [5, 5.41) is 4.38. The first kappa shape index (κ1) is 21.8. The van der Waals surface area contributed by atoms with E-state index >= 15 is 0 Å². The summed E-state index contributed by atoms with van der Waals surface area (Å²) in [7, 11) is 0. The highest BCUT2D eigenvalue weighted by Gasteiger charge is 2.25. The number of para-hydroxylation sites is 1. The zero-order valence-corrected chi connectivity index (χ0v) is 20.1. The molecular formula is C26H25N3O2S2. The van der Waals surface area contributed by atoms with Crippen molar-refractivity contribution in [1.82, 2.24) is 4.98 Å². The van der Waals surface area contributed by atoms with E-state index in [0.29, 0.717) is 16.1 Å². The lowest BCUT2D eigenvalue weighted by Crippen LogP contribution is -2.18. The van der Waals surface area contributed by atoms with Gasteiger partial charge >= 0.3 is 0 Å². The van der Waals surface area contributed by atoms with Crippen LogP contribution in [0.15, 0.2) is 42.5 Å². The number of aryl methyl sites for hydroxylation is 2. The zero-order chi connectivity index (χ0) is 22.9. The number of benzene rings is 1. The van der Waals surface area contributed by atoms with Gasteiger partial charge in [0.25, 0.3) is 11.8 Å². The number of primary amides is 1. The van der Waals surface area contributed by atoms with E-state index in [2.05, 4.69) is 18.3 Å². The summed E-state index contributed by atoms with van der Waals surface area (Å²) >= 11 is 3.15. The third-order valence-electron chi connectivity index (χ3n) is 6.10. The number of rotatable bonds is 4. The molecule has 0 fully saturated rings. The molecule has 3 aromatic heterocycles. The number of amides is 2. The lowest BCUT2D eigenvalue weighted by molar-refractivity contribution is 0.100. The molecule has 4 aromatic rings. The largest absolute Gasteiger partial charge is 0.365 e. The molecule has 1 aliphatic carbocycles. The van der Waals surface area contributed by atoms with Crippen molar-refractivity contribution < 1.29 is 9.59 Å². The highest BCUT2D eigenvalue weighted by atomic mass is 32.1. The van der Waals surface area contributed by atoms with Crippen LogP contribution in [0.3, 0.4) is 0 Å². The number of hydrogen-bond acceptors (Lipinski definition) is 5. The van der Waals surface area contributed by atoms with Crippen molar-refractivity contribution in [2.45, 2.75) is 45.4 Å². The Labute approximate surface area is 200 Å². The van der Waals surface area contributed by atoms with Crippen molar-refractivity contribution in [3.05, 3.63) is 68.9 Å². The molecule has 0 radical (unpaired) electrons. The van der Waals surface area contributed by atoms with Gasteiger partial charge in [0.1, 0.15) is 5.00 Å². The number of hydrogen-bond donors (Lipinski definition) is 2. The van der Waals surface area contributed by atoms with Crippen LogP contribution in [0.2, 0.25) is 0 Å². The lowest BCUT2D eigenvalue weighted by Gasteiger charge is -2.11. The second-order valence-corrected chi connectivity index (χ2v) is 10.8. The minimum Gasteiger partial charge on any atom is -0.365 e. The van der Waals surface area contributed by atoms with Gasteiger partial charge in [-0.15, -0.1) is 22.7 Å². The highest BCUT2D eigenvalue weighted by Crippen LogP contribution is 2.37. The molecular weight excluding hydrogens is 450 g/mol. The monoisotopic (exact) mass is 475 g/mol. The Bertz CT molecular complexity index is 1370. The molecule has 3 N–H and O–H groups in total. The Morgan fingerprint density at radius 3 is 2.55 bits per heavy atom. The number of pyridine rings is 1. The number of carbonyl (C=O) groups is 2. The summed E-state index contributed by atoms with van der Waals surface area (Å²) in [6, 6.07) is 13.6. The van der Waals surface area contributed by atoms with E-state index < -0.39 is 5.91 Å². The molecule has 3 heterocycles. The van der Waals surface area contributed by atoms with E-state index in [1.165, 1.54) is 27.5 Å². The van der Waals surface area contributed by atoms with Gasteiger partial charge in [-0.25, -0.2) is 4.98 Å². The molecule has 0 saturated heterocycles. The van der Waals surface area contributed by atoms with Gasteiger partial charge in [0.05, 0.1) is 27.2 Å². The van der Waals surface area contributed by atoms with Gasteiger partial charge in [-0.3, -0.25) is 9.59 Å². The molecule has 0 atom stereocenters. The van der Waals surface area contributed by atoms with Crippen molar-refractivity contribution in [3.8, 4) is 10.6 Å². The summed E-state index contributed by atoms with van der Waals surface area (Å²) in [6.45, 7) is 2.05. The number of nitrogens with zero attached hydrogens (tertiary/aromatic N) is 1. The summed E-state index contributed by atoms with van der Waals surface area (Å²) in [5.74, 6) is -0.724. The third-order valence-corrected chi connectivity index (χ3v) is 8.33. The van der Waals surface area contributed by atoms with Crippen LogP contribution in [0, 0.1) is 6.92 Å². The van der Waals surface area contributed by atoms with E-state index in [9.17, 15) is 9.59 Å². The fraction of sp³-hybridized carbons (Fsp3) is 0.269. The molecule has 0 saturated carbocycles. The van der Waals surface area contributed by atoms with Crippen molar-refractivity contribution in [3.63, 3.8) is 0 Å². The molecule has 1 aromatic carbocycles. The molecule has 0 unspecified atom stereocenters. The van der Waals surface area contributed by atoms with Gasteiger partial charge in [-0.2, -0.15) is 0 Å². The Kier molecular flexibility index (Phi) is 6.00. The molecule has 0 spiro atoms. The lowest BCUT2D eigenvalue weighted by atomic mass is 9.96. The standard InChI is InChI=1S/C26H25N3O2S2/c1-15-12-13-22(32-15)20-14-18(16-8-6-7-10-19(16)28-20)25(31)29-26-23(24(27)30)17-9-4-2-3-5-11-21(17)33-26/h6-8,10,12-14H,2-5,9,11H2,1H3,(H2,27,30)(H,29,31). The summed E-state index contributed by atoms with van der Waals surface area (Å²) in [4.78, 5) is 34.1. The van der Waals surface area contributed by atoms with E-state index in [1.807, 2.05) is 36.4 Å². The first-order valence-corrected chi connectivity index (χ1v) is 12.9. The Balaban J connectivity index is 1.57. The molecule has 0 bridgehead atoms. The summed E-state index contributed by atoms with van der Waals surface area (Å²) in [6.07, 6.45) is 6.24. The summed E-state index contributed by atoms with van der Waals surface area (Å²) in [5.41, 5.74) is 9.37. The maximum atomic E-state index is 13.6. The van der Waals surface area contributed by atoms with Crippen LogP contribution in [0.25, 0.3) is 21.5 Å². The maximum Gasteiger partial charge on any atom is 0.257 e. The molecule has 168 valence electrons. The minimum atomic E-state index is -0.474. The van der Waals surface area contributed by atoms with Gasteiger partial charge < -0.3 is 11.1 Å². The number of carbonyl (C=O) groups excluding carboxylic acids is 2. The van der Waals surface area contributed by atoms with Gasteiger partial charge in [0.15, 0.2) is 0 Å². The molecule has 0 aliphatic heterocycles. The number of nitrogens with two attached hydrogens (primary N) is 1. The molecule has 5 nitrogen and oxygen atoms in total. The smallest absolute Gasteiger partial charge is 0.257 e. The van der Waals surface area contributed by atoms with Gasteiger partial charge in [-0.05, 0) is 62.4 Å². The number of nitrogens with one attached hydrogen (secondary N) is 1. The average molecular weight is 476 g/mol. The average Bonchev–Trinajstić information content (AvgIpc) is 3.36. The Morgan fingerprint density at radius 2 is 1.79 bits per heavy atom. The molecule has 2 amide bonds. The topological polar surface area (TPSA) is 85.1 Å². The predicted molar refractivity (Wildman–Crippen MR) is 136 cm³/mol. The second-order valence-electron chi connectivity index (χ2n) is 8.42. The van der Waals surface area contributed by atoms with Crippen molar-refractivity contribution >= 4 is 50.4 Å². The Hall–Kier alpha value is -3.03. The molecule has 5 rings (SSSR count). The number of fused-ring (bicyclic) bond motifs is 2. The SMILES string of the molecule is Cc1ccc(-c2cc(C(=O)Nc3sc4c(c3C(N)=O)CCCCCC4)c3ccccc3n2)s1. The van der Waals surface area contributed by atoms with Crippen LogP contribution in [0.4, 0.5) is 5.00 Å². The van der Waals surface area contributed by atoms with E-state index in [4.69, 9.17) is 10.7 Å². The number of aromatic nitrogens is 1. The van der Waals surface area contributed by atoms with Gasteiger partial charge in [0, 0.05) is 15.1 Å². The first-order valence-electron chi connectivity index (χ1n) is 11.2. The summed E-state index contributed by atoms with van der Waals surface area (Å²) < 4.78 is 0. The van der Waals surface area contributed by atoms with Crippen LogP contribution in [-0.2, 0) is 12.8 Å². The quantitative estimate of drug-likeness (QED) is 0.361. The normalized spacial score (nSPS) is 13.8. The van der Waals surface area contributed by atoms with E-state index in [1.54, 1.807) is 11.3 Å². The number of anilines is 1. The third kappa shape index (κ3) is 4.30. The van der Waals surface area contributed by atoms with Crippen LogP contribution >= 0.6 is 22.7 Å². The van der Waals surface area contributed by atoms with E-state index in [0.717, 1.165) is 59.1 Å². The van der Waals surface area contributed by atoms with Crippen molar-refractivity contribution in [2.24, 2.45) is 5.73 Å². The van der Waals surface area contributed by atoms with Crippen LogP contribution in [0.1, 0.15) is 61.7 Å². The van der Waals surface area contributed by atoms with Gasteiger partial charge in [-0.1, -0.05) is 31.0 Å². The predicted octanol–water partition coefficient (Wildman–Crippen LogP) is 6.34. The maximum absolute atomic E-state index is 13.6. The Morgan fingerprint density at radius 1 is 1.00 bits per heavy atom. The number of thiophene rings is 2. The zero-order valence-electron chi connectivity index (χ0n) is 18.4. The molecule has 33 heavy (non-hydrogen) atoms. The van der Waals surface area contributed by atoms with Crippen LogP contribution in [0.5, 0.6) is 0 Å². The minimum absolute atomic E-state index is 0.250. The fourth-order valence-electron chi connectivity index (χ4n) is 4.50. The molecule has 1 aliphatic rings. The van der Waals surface area contributed by atoms with Crippen molar-refractivity contribution in [1.29, 1.82) is 0 Å². The first-order chi connectivity index (χ1) is 16.0. The molecule has 7 heteroatoms. The fourth-order valence-corrected chi connectivity index (χ4v) is 6.62.